The molecule has 2 N–H and O–H groups in total. The fourth-order valence-corrected chi connectivity index (χ4v) is 3.65. The van der Waals surface area contributed by atoms with E-state index in [9.17, 15) is 24.6 Å². The van der Waals surface area contributed by atoms with Crippen LogP contribution in [-0.2, 0) is 20.8 Å². The third kappa shape index (κ3) is 4.86. The summed E-state index contributed by atoms with van der Waals surface area (Å²) in [6.07, 6.45) is -0.0627. The number of rotatable bonds is 7. The predicted octanol–water partition coefficient (Wildman–Crippen LogP) is 1.15. The molecule has 3 atom stereocenters. The van der Waals surface area contributed by atoms with E-state index in [1.165, 1.54) is 16.8 Å². The molecule has 7 heteroatoms. The van der Waals surface area contributed by atoms with Gasteiger partial charge in [-0.15, -0.1) is 0 Å². The number of amides is 2. The number of hydrogen-bond acceptors (Lipinski definition) is 4. The van der Waals surface area contributed by atoms with Gasteiger partial charge in [0.25, 0.3) is 5.91 Å². The molecule has 1 aliphatic rings. The van der Waals surface area contributed by atoms with Crippen LogP contribution >= 0.6 is 0 Å². The van der Waals surface area contributed by atoms with Gasteiger partial charge in [0.2, 0.25) is 5.91 Å². The zero-order valence-electron chi connectivity index (χ0n) is 16.0. The highest BCUT2D eigenvalue weighted by atomic mass is 16.4. The van der Waals surface area contributed by atoms with Crippen molar-refractivity contribution in [3.05, 3.63) is 35.9 Å². The summed E-state index contributed by atoms with van der Waals surface area (Å²) in [5.41, 5.74) is 0.824. The van der Waals surface area contributed by atoms with E-state index in [2.05, 4.69) is 0 Å². The largest absolute Gasteiger partial charge is 0.480 e. The Morgan fingerprint density at radius 2 is 1.85 bits per heavy atom. The molecule has 0 aliphatic carbocycles. The molecule has 1 aliphatic heterocycles. The number of benzene rings is 1. The molecule has 1 saturated heterocycles. The maximum Gasteiger partial charge on any atom is 0.326 e. The molecule has 27 heavy (non-hydrogen) atoms. The van der Waals surface area contributed by atoms with Crippen LogP contribution in [0.3, 0.4) is 0 Å². The molecule has 0 radical (unpaired) electrons. The Bertz CT molecular complexity index is 676. The van der Waals surface area contributed by atoms with Crippen LogP contribution < -0.4 is 0 Å². The van der Waals surface area contributed by atoms with Crippen molar-refractivity contribution in [1.29, 1.82) is 0 Å². The number of aliphatic carboxylic acids is 1. The molecule has 1 aromatic carbocycles. The first kappa shape index (κ1) is 20.9. The molecular formula is C20H28N2O5. The van der Waals surface area contributed by atoms with Crippen molar-refractivity contribution in [3.8, 4) is 0 Å². The Labute approximate surface area is 159 Å². The minimum absolute atomic E-state index is 0.157. The van der Waals surface area contributed by atoms with E-state index in [4.69, 9.17) is 0 Å². The van der Waals surface area contributed by atoms with Crippen LogP contribution in [0.15, 0.2) is 30.3 Å². The molecule has 0 unspecified atom stereocenters. The maximum absolute atomic E-state index is 13.0. The number of aliphatic hydroxyl groups excluding tert-OH is 1. The number of aliphatic hydroxyl groups is 1. The van der Waals surface area contributed by atoms with Gasteiger partial charge in [-0.25, -0.2) is 4.79 Å². The van der Waals surface area contributed by atoms with Crippen LogP contribution in [0.4, 0.5) is 0 Å². The predicted molar refractivity (Wildman–Crippen MR) is 99.9 cm³/mol. The standard InChI is InChI=1S/C20H28N2O5/c1-13(2)17(19(25)22-11-7-10-15(22)20(26)27)21(3)18(24)16(23)12-14-8-5-4-6-9-14/h4-6,8-9,13,15-17,23H,7,10-12H2,1-3H3,(H,26,27)/t15-,16-,17-/m1/s1. The van der Waals surface area contributed by atoms with Crippen LogP contribution in [0.5, 0.6) is 0 Å². The number of hydrogen-bond donors (Lipinski definition) is 2. The average Bonchev–Trinajstić information content (AvgIpc) is 3.11. The fraction of sp³-hybridized carbons (Fsp3) is 0.550. The van der Waals surface area contributed by atoms with Gasteiger partial charge in [0.1, 0.15) is 18.2 Å². The van der Waals surface area contributed by atoms with E-state index in [0.29, 0.717) is 19.4 Å². The van der Waals surface area contributed by atoms with Gasteiger partial charge in [-0.1, -0.05) is 44.2 Å². The van der Waals surface area contributed by atoms with E-state index in [1.54, 1.807) is 0 Å². The van der Waals surface area contributed by atoms with Gasteiger partial charge in [0, 0.05) is 20.0 Å². The van der Waals surface area contributed by atoms with Gasteiger partial charge < -0.3 is 20.0 Å². The number of nitrogens with zero attached hydrogens (tertiary/aromatic N) is 2. The Morgan fingerprint density at radius 1 is 1.22 bits per heavy atom. The lowest BCUT2D eigenvalue weighted by Crippen LogP contribution is -2.56. The van der Waals surface area contributed by atoms with Gasteiger partial charge in [0.05, 0.1) is 0 Å². The van der Waals surface area contributed by atoms with Crippen LogP contribution in [0, 0.1) is 5.92 Å². The summed E-state index contributed by atoms with van der Waals surface area (Å²) in [5.74, 6) is -2.17. The minimum atomic E-state index is -1.26. The van der Waals surface area contributed by atoms with Crippen molar-refractivity contribution in [2.45, 2.75) is 51.3 Å². The topological polar surface area (TPSA) is 98.2 Å². The van der Waals surface area contributed by atoms with Crippen molar-refractivity contribution >= 4 is 17.8 Å². The molecule has 148 valence electrons. The van der Waals surface area contributed by atoms with Crippen molar-refractivity contribution in [3.63, 3.8) is 0 Å². The lowest BCUT2D eigenvalue weighted by Gasteiger charge is -2.35. The Hall–Kier alpha value is -2.41. The highest BCUT2D eigenvalue weighted by Crippen LogP contribution is 2.23. The lowest BCUT2D eigenvalue weighted by molar-refractivity contribution is -0.155. The number of carbonyl (C=O) groups excluding carboxylic acids is 2. The number of carbonyl (C=O) groups is 3. The summed E-state index contributed by atoms with van der Waals surface area (Å²) in [7, 11) is 1.49. The first-order chi connectivity index (χ1) is 12.7. The van der Waals surface area contributed by atoms with E-state index in [1.807, 2.05) is 44.2 Å². The second-order valence-electron chi connectivity index (χ2n) is 7.37. The van der Waals surface area contributed by atoms with Crippen molar-refractivity contribution < 1.29 is 24.6 Å². The molecular weight excluding hydrogens is 348 g/mol. The summed E-state index contributed by atoms with van der Waals surface area (Å²) in [4.78, 5) is 39.8. The first-order valence-electron chi connectivity index (χ1n) is 9.26. The summed E-state index contributed by atoms with van der Waals surface area (Å²) in [6.45, 7) is 3.98. The number of likely N-dealkylation sites (N-methyl/N-ethyl adjacent to an activating group) is 1. The monoisotopic (exact) mass is 376 g/mol. The number of carboxylic acids is 1. The van der Waals surface area contributed by atoms with Gasteiger partial charge in [-0.3, -0.25) is 9.59 Å². The summed E-state index contributed by atoms with van der Waals surface area (Å²) in [6, 6.07) is 7.49. The number of likely N-dealkylation sites (tertiary alicyclic amines) is 1. The van der Waals surface area contributed by atoms with Gasteiger partial charge in [0.15, 0.2) is 0 Å². The molecule has 0 saturated carbocycles. The molecule has 2 amide bonds. The van der Waals surface area contributed by atoms with E-state index >= 15 is 0 Å². The number of carboxylic acid groups (broad SMARTS) is 1. The smallest absolute Gasteiger partial charge is 0.326 e. The average molecular weight is 376 g/mol. The van der Waals surface area contributed by atoms with Crippen LogP contribution in [-0.4, -0.2) is 69.6 Å². The highest BCUT2D eigenvalue weighted by Gasteiger charge is 2.41. The molecule has 1 fully saturated rings. The molecule has 2 rings (SSSR count). The van der Waals surface area contributed by atoms with E-state index < -0.39 is 30.1 Å². The first-order valence-corrected chi connectivity index (χ1v) is 9.26. The van der Waals surface area contributed by atoms with Gasteiger partial charge in [-0.05, 0) is 24.3 Å². The Morgan fingerprint density at radius 3 is 2.41 bits per heavy atom. The molecule has 1 aromatic rings. The Balaban J connectivity index is 2.13. The van der Waals surface area contributed by atoms with Crippen molar-refractivity contribution in [1.82, 2.24) is 9.80 Å². The minimum Gasteiger partial charge on any atom is -0.480 e. The van der Waals surface area contributed by atoms with Crippen molar-refractivity contribution in [2.24, 2.45) is 5.92 Å². The van der Waals surface area contributed by atoms with Crippen LogP contribution in [0.2, 0.25) is 0 Å². The normalized spacial score (nSPS) is 19.0. The van der Waals surface area contributed by atoms with Gasteiger partial charge >= 0.3 is 5.97 Å². The Kier molecular flexibility index (Phi) is 6.96. The summed E-state index contributed by atoms with van der Waals surface area (Å²) < 4.78 is 0. The molecule has 0 spiro atoms. The van der Waals surface area contributed by atoms with Crippen LogP contribution in [0.25, 0.3) is 0 Å². The zero-order chi connectivity index (χ0) is 20.1. The molecule has 0 aromatic heterocycles. The SMILES string of the molecule is CC(C)[C@H](C(=O)N1CCC[C@@H]1C(=O)O)N(C)C(=O)[C@H](O)Cc1ccccc1. The second kappa shape index (κ2) is 8.99. The summed E-state index contributed by atoms with van der Waals surface area (Å²) >= 11 is 0. The second-order valence-corrected chi connectivity index (χ2v) is 7.37. The molecule has 7 nitrogen and oxygen atoms in total. The highest BCUT2D eigenvalue weighted by molar-refractivity contribution is 5.92. The van der Waals surface area contributed by atoms with E-state index in [0.717, 1.165) is 5.56 Å². The third-order valence-corrected chi connectivity index (χ3v) is 5.03. The molecule has 0 bridgehead atoms. The fourth-order valence-electron chi connectivity index (χ4n) is 3.65. The zero-order valence-corrected chi connectivity index (χ0v) is 16.0. The van der Waals surface area contributed by atoms with E-state index in [-0.39, 0.29) is 18.2 Å². The van der Waals surface area contributed by atoms with Crippen LogP contribution in [0.1, 0.15) is 32.3 Å². The molecule has 1 heterocycles. The van der Waals surface area contributed by atoms with Crippen molar-refractivity contribution in [2.75, 3.05) is 13.6 Å². The van der Waals surface area contributed by atoms with Gasteiger partial charge in [-0.2, -0.15) is 0 Å². The summed E-state index contributed by atoms with van der Waals surface area (Å²) in [5, 5.41) is 19.7. The maximum atomic E-state index is 13.0. The lowest BCUT2D eigenvalue weighted by atomic mass is 9.99. The third-order valence-electron chi connectivity index (χ3n) is 5.03. The quantitative estimate of drug-likeness (QED) is 0.744.